The number of aromatic hydroxyl groups is 1. The van der Waals surface area contributed by atoms with Crippen molar-refractivity contribution in [2.24, 2.45) is 0 Å². The third-order valence-electron chi connectivity index (χ3n) is 4.43. The minimum atomic E-state index is -0.701. The Kier molecular flexibility index (Phi) is 4.56. The SMILES string of the molecule is COc1ccccc1C1CCCN1C(=O)c1ccc(O)c([N+](=O)[O-])c1. The molecule has 7 heteroatoms. The van der Waals surface area contributed by atoms with Gasteiger partial charge in [-0.3, -0.25) is 14.9 Å². The number of amides is 1. The maximum Gasteiger partial charge on any atom is 0.311 e. The molecule has 0 aromatic heterocycles. The number of para-hydroxylation sites is 1. The van der Waals surface area contributed by atoms with Gasteiger partial charge in [-0.25, -0.2) is 0 Å². The number of carbonyl (C=O) groups is 1. The van der Waals surface area contributed by atoms with Crippen molar-refractivity contribution in [2.75, 3.05) is 13.7 Å². The molecule has 3 rings (SSSR count). The molecule has 1 aliphatic rings. The zero-order valence-corrected chi connectivity index (χ0v) is 13.7. The van der Waals surface area contributed by atoms with Crippen molar-refractivity contribution in [2.45, 2.75) is 18.9 Å². The number of ether oxygens (including phenoxy) is 1. The number of carbonyl (C=O) groups excluding carboxylic acids is 1. The van der Waals surface area contributed by atoms with Crippen molar-refractivity contribution < 1.29 is 19.6 Å². The Balaban J connectivity index is 1.94. The molecule has 2 aromatic carbocycles. The number of benzene rings is 2. The molecule has 0 radical (unpaired) electrons. The van der Waals surface area contributed by atoms with E-state index in [-0.39, 0.29) is 17.5 Å². The maximum atomic E-state index is 12.9. The van der Waals surface area contributed by atoms with Gasteiger partial charge in [0.2, 0.25) is 0 Å². The molecule has 7 nitrogen and oxygen atoms in total. The summed E-state index contributed by atoms with van der Waals surface area (Å²) in [7, 11) is 1.59. The lowest BCUT2D eigenvalue weighted by atomic mass is 10.0. The molecular formula is C18H18N2O5. The predicted molar refractivity (Wildman–Crippen MR) is 90.8 cm³/mol. The van der Waals surface area contributed by atoms with Crippen LogP contribution in [0.3, 0.4) is 0 Å². The molecule has 1 fully saturated rings. The van der Waals surface area contributed by atoms with Gasteiger partial charge < -0.3 is 14.7 Å². The second kappa shape index (κ2) is 6.80. The monoisotopic (exact) mass is 342 g/mol. The van der Waals surface area contributed by atoms with Gasteiger partial charge in [-0.15, -0.1) is 0 Å². The Bertz CT molecular complexity index is 821. The fourth-order valence-corrected chi connectivity index (χ4v) is 3.24. The number of hydrogen-bond acceptors (Lipinski definition) is 5. The highest BCUT2D eigenvalue weighted by Crippen LogP contribution is 2.38. The summed E-state index contributed by atoms with van der Waals surface area (Å²) in [6, 6.07) is 11.1. The van der Waals surface area contributed by atoms with Gasteiger partial charge in [0.25, 0.3) is 5.91 Å². The first kappa shape index (κ1) is 16.8. The molecule has 1 amide bonds. The molecule has 0 spiro atoms. The van der Waals surface area contributed by atoms with Gasteiger partial charge in [-0.1, -0.05) is 18.2 Å². The first-order chi connectivity index (χ1) is 12.0. The smallest absolute Gasteiger partial charge is 0.311 e. The summed E-state index contributed by atoms with van der Waals surface area (Å²) in [6.45, 7) is 0.566. The van der Waals surface area contributed by atoms with Crippen molar-refractivity contribution in [3.63, 3.8) is 0 Å². The maximum absolute atomic E-state index is 12.9. The highest BCUT2D eigenvalue weighted by molar-refractivity contribution is 5.95. The lowest BCUT2D eigenvalue weighted by Crippen LogP contribution is -2.30. The second-order valence-electron chi connectivity index (χ2n) is 5.86. The van der Waals surface area contributed by atoms with E-state index in [1.165, 1.54) is 12.1 Å². The van der Waals surface area contributed by atoms with Gasteiger partial charge in [0.1, 0.15) is 5.75 Å². The van der Waals surface area contributed by atoms with Crippen molar-refractivity contribution in [3.05, 3.63) is 63.7 Å². The van der Waals surface area contributed by atoms with E-state index >= 15 is 0 Å². The summed E-state index contributed by atoms with van der Waals surface area (Å²) >= 11 is 0. The summed E-state index contributed by atoms with van der Waals surface area (Å²) in [4.78, 5) is 24.9. The van der Waals surface area contributed by atoms with Gasteiger partial charge in [-0.2, -0.15) is 0 Å². The van der Waals surface area contributed by atoms with Gasteiger partial charge in [-0.05, 0) is 31.0 Å². The Hall–Kier alpha value is -3.09. The minimum Gasteiger partial charge on any atom is -0.502 e. The number of phenolic OH excluding ortho intramolecular Hbond substituents is 1. The van der Waals surface area contributed by atoms with Crippen molar-refractivity contribution in [1.29, 1.82) is 0 Å². The van der Waals surface area contributed by atoms with E-state index in [9.17, 15) is 20.0 Å². The highest BCUT2D eigenvalue weighted by Gasteiger charge is 2.33. The van der Waals surface area contributed by atoms with Crippen LogP contribution in [-0.4, -0.2) is 34.5 Å². The lowest BCUT2D eigenvalue weighted by molar-refractivity contribution is -0.385. The van der Waals surface area contributed by atoms with Crippen LogP contribution in [0.1, 0.15) is 34.8 Å². The molecule has 1 saturated heterocycles. The normalized spacial score (nSPS) is 16.7. The minimum absolute atomic E-state index is 0.142. The molecule has 0 saturated carbocycles. The number of nitrogens with zero attached hydrogens (tertiary/aromatic N) is 2. The lowest BCUT2D eigenvalue weighted by Gasteiger charge is -2.26. The molecule has 1 aliphatic heterocycles. The molecule has 0 aliphatic carbocycles. The number of methoxy groups -OCH3 is 1. The number of likely N-dealkylation sites (tertiary alicyclic amines) is 1. The van der Waals surface area contributed by atoms with Crippen LogP contribution in [-0.2, 0) is 0 Å². The summed E-state index contributed by atoms with van der Waals surface area (Å²) < 4.78 is 5.40. The van der Waals surface area contributed by atoms with Crippen LogP contribution < -0.4 is 4.74 Å². The van der Waals surface area contributed by atoms with Crippen LogP contribution in [0.4, 0.5) is 5.69 Å². The highest BCUT2D eigenvalue weighted by atomic mass is 16.6. The van der Waals surface area contributed by atoms with E-state index in [4.69, 9.17) is 4.74 Å². The molecule has 25 heavy (non-hydrogen) atoms. The van der Waals surface area contributed by atoms with Gasteiger partial charge >= 0.3 is 5.69 Å². The van der Waals surface area contributed by atoms with E-state index in [0.717, 1.165) is 24.5 Å². The van der Waals surface area contributed by atoms with E-state index in [1.54, 1.807) is 12.0 Å². The first-order valence-electron chi connectivity index (χ1n) is 7.94. The van der Waals surface area contributed by atoms with Crippen LogP contribution in [0, 0.1) is 10.1 Å². The standard InChI is InChI=1S/C18H18N2O5/c1-25-17-7-3-2-5-13(17)14-6-4-10-19(14)18(22)12-8-9-16(21)15(11-12)20(23)24/h2-3,5,7-9,11,14,21H,4,6,10H2,1H3. The van der Waals surface area contributed by atoms with Gasteiger partial charge in [0, 0.05) is 23.7 Å². The van der Waals surface area contributed by atoms with E-state index in [1.807, 2.05) is 24.3 Å². The van der Waals surface area contributed by atoms with E-state index in [0.29, 0.717) is 12.3 Å². The quantitative estimate of drug-likeness (QED) is 0.680. The molecule has 2 aromatic rings. The number of nitro groups is 1. The summed E-state index contributed by atoms with van der Waals surface area (Å²) in [5.41, 5.74) is 0.634. The number of rotatable bonds is 4. The van der Waals surface area contributed by atoms with Crippen molar-refractivity contribution >= 4 is 11.6 Å². The van der Waals surface area contributed by atoms with Gasteiger partial charge in [0.15, 0.2) is 5.75 Å². The Morgan fingerprint density at radius 1 is 1.32 bits per heavy atom. The first-order valence-corrected chi connectivity index (χ1v) is 7.94. The average molecular weight is 342 g/mol. The zero-order chi connectivity index (χ0) is 18.0. The summed E-state index contributed by atoms with van der Waals surface area (Å²) in [5.74, 6) is -0.0374. The van der Waals surface area contributed by atoms with Gasteiger partial charge in [0.05, 0.1) is 18.1 Å². The summed E-state index contributed by atoms with van der Waals surface area (Å²) in [5, 5.41) is 20.6. The molecule has 1 N–H and O–H groups in total. The second-order valence-corrected chi connectivity index (χ2v) is 5.86. The van der Waals surface area contributed by atoms with Crippen molar-refractivity contribution in [3.8, 4) is 11.5 Å². The van der Waals surface area contributed by atoms with E-state index < -0.39 is 16.4 Å². The largest absolute Gasteiger partial charge is 0.502 e. The van der Waals surface area contributed by atoms with E-state index in [2.05, 4.69) is 0 Å². The Labute approximate surface area is 144 Å². The summed E-state index contributed by atoms with van der Waals surface area (Å²) in [6.07, 6.45) is 1.64. The van der Waals surface area contributed by atoms with Crippen molar-refractivity contribution in [1.82, 2.24) is 4.90 Å². The van der Waals surface area contributed by atoms with Crippen LogP contribution >= 0.6 is 0 Å². The number of nitro benzene ring substituents is 1. The third-order valence-corrected chi connectivity index (χ3v) is 4.43. The van der Waals surface area contributed by atoms with Crippen LogP contribution in [0.25, 0.3) is 0 Å². The fourth-order valence-electron chi connectivity index (χ4n) is 3.24. The van der Waals surface area contributed by atoms with Crippen LogP contribution in [0.5, 0.6) is 11.5 Å². The average Bonchev–Trinajstić information content (AvgIpc) is 3.10. The Morgan fingerprint density at radius 2 is 2.08 bits per heavy atom. The number of phenols is 1. The van der Waals surface area contributed by atoms with Crippen LogP contribution in [0.2, 0.25) is 0 Å². The predicted octanol–water partition coefficient (Wildman–Crippen LogP) is 3.29. The number of hydrogen-bond donors (Lipinski definition) is 1. The molecule has 0 bridgehead atoms. The molecule has 130 valence electrons. The molecule has 1 unspecified atom stereocenters. The zero-order valence-electron chi connectivity index (χ0n) is 13.7. The topological polar surface area (TPSA) is 92.9 Å². The third kappa shape index (κ3) is 3.13. The fraction of sp³-hybridized carbons (Fsp3) is 0.278. The molecular weight excluding hydrogens is 324 g/mol. The molecule has 1 heterocycles. The molecule has 1 atom stereocenters. The Morgan fingerprint density at radius 3 is 2.80 bits per heavy atom. The van der Waals surface area contributed by atoms with Crippen LogP contribution in [0.15, 0.2) is 42.5 Å².